The van der Waals surface area contributed by atoms with E-state index in [1.807, 2.05) is 38.1 Å². The Morgan fingerprint density at radius 2 is 1.74 bits per heavy atom. The molecule has 1 unspecified atom stereocenters. The molecule has 1 atom stereocenters. The second-order valence-electron chi connectivity index (χ2n) is 4.67. The third-order valence-corrected chi connectivity index (χ3v) is 3.18. The highest BCUT2D eigenvalue weighted by Gasteiger charge is 2.12. The molecule has 0 aromatic heterocycles. The predicted octanol–water partition coefficient (Wildman–Crippen LogP) is 3.07. The van der Waals surface area contributed by atoms with E-state index in [1.165, 1.54) is 5.56 Å². The molecule has 2 aromatic rings. The van der Waals surface area contributed by atoms with Crippen LogP contribution in [-0.4, -0.2) is 5.91 Å². The summed E-state index contributed by atoms with van der Waals surface area (Å²) >= 11 is 0. The average molecular weight is 254 g/mol. The van der Waals surface area contributed by atoms with Crippen molar-refractivity contribution in [3.63, 3.8) is 0 Å². The van der Waals surface area contributed by atoms with E-state index >= 15 is 0 Å². The Morgan fingerprint density at radius 1 is 1.11 bits per heavy atom. The highest BCUT2D eigenvalue weighted by Crippen LogP contribution is 2.17. The van der Waals surface area contributed by atoms with Crippen LogP contribution < -0.4 is 11.1 Å². The van der Waals surface area contributed by atoms with Crippen LogP contribution in [0.1, 0.15) is 34.5 Å². The number of nitrogens with two attached hydrogens (primary N) is 1. The minimum atomic E-state index is -0.0873. The van der Waals surface area contributed by atoms with Crippen LogP contribution in [0.3, 0.4) is 0 Å². The van der Waals surface area contributed by atoms with Crippen LogP contribution in [0.2, 0.25) is 0 Å². The molecular formula is C16H18N2O. The van der Waals surface area contributed by atoms with E-state index in [2.05, 4.69) is 5.32 Å². The van der Waals surface area contributed by atoms with E-state index in [0.29, 0.717) is 11.3 Å². The Kier molecular flexibility index (Phi) is 3.85. The van der Waals surface area contributed by atoms with Gasteiger partial charge in [0.25, 0.3) is 5.91 Å². The topological polar surface area (TPSA) is 55.1 Å². The number of hydrogen-bond donors (Lipinski definition) is 2. The second-order valence-corrected chi connectivity index (χ2v) is 4.67. The normalized spacial score (nSPS) is 11.9. The molecule has 0 aliphatic carbocycles. The largest absolute Gasteiger partial charge is 0.399 e. The smallest absolute Gasteiger partial charge is 0.251 e. The standard InChI is InChI=1S/C16H18N2O/c1-11-5-3-4-6-15(11)12(2)18-16(19)13-7-9-14(17)10-8-13/h3-10,12H,17H2,1-2H3,(H,18,19). The van der Waals surface area contributed by atoms with Crippen molar-refractivity contribution in [1.82, 2.24) is 5.32 Å². The number of aryl methyl sites for hydroxylation is 1. The van der Waals surface area contributed by atoms with Gasteiger partial charge in [-0.3, -0.25) is 4.79 Å². The van der Waals surface area contributed by atoms with Crippen molar-refractivity contribution in [3.8, 4) is 0 Å². The lowest BCUT2D eigenvalue weighted by atomic mass is 10.0. The van der Waals surface area contributed by atoms with Gasteiger partial charge in [0.05, 0.1) is 6.04 Å². The Bertz CT molecular complexity index is 576. The molecule has 0 saturated carbocycles. The fourth-order valence-corrected chi connectivity index (χ4v) is 2.06. The summed E-state index contributed by atoms with van der Waals surface area (Å²) in [6.45, 7) is 4.03. The zero-order chi connectivity index (χ0) is 13.8. The molecule has 2 aromatic carbocycles. The molecule has 0 radical (unpaired) electrons. The summed E-state index contributed by atoms with van der Waals surface area (Å²) in [7, 11) is 0. The van der Waals surface area contributed by atoms with Gasteiger partial charge in [0.1, 0.15) is 0 Å². The summed E-state index contributed by atoms with van der Waals surface area (Å²) in [6, 6.07) is 14.9. The van der Waals surface area contributed by atoms with Gasteiger partial charge in [-0.2, -0.15) is 0 Å². The van der Waals surface area contributed by atoms with Crippen LogP contribution in [0.5, 0.6) is 0 Å². The van der Waals surface area contributed by atoms with Crippen molar-refractivity contribution in [1.29, 1.82) is 0 Å². The maximum Gasteiger partial charge on any atom is 0.251 e. The summed E-state index contributed by atoms with van der Waals surface area (Å²) in [5.41, 5.74) is 9.19. The van der Waals surface area contributed by atoms with Crippen molar-refractivity contribution in [2.75, 3.05) is 5.73 Å². The number of benzene rings is 2. The zero-order valence-corrected chi connectivity index (χ0v) is 11.2. The average Bonchev–Trinajstić information content (AvgIpc) is 2.39. The lowest BCUT2D eigenvalue weighted by Gasteiger charge is -2.16. The first-order valence-electron chi connectivity index (χ1n) is 6.30. The Labute approximate surface area is 113 Å². The van der Waals surface area contributed by atoms with Gasteiger partial charge in [0.15, 0.2) is 0 Å². The molecule has 19 heavy (non-hydrogen) atoms. The number of amides is 1. The van der Waals surface area contributed by atoms with Crippen molar-refractivity contribution in [2.45, 2.75) is 19.9 Å². The molecule has 0 bridgehead atoms. The Morgan fingerprint density at radius 3 is 2.37 bits per heavy atom. The Balaban J connectivity index is 2.11. The maximum atomic E-state index is 12.1. The number of nitrogen functional groups attached to an aromatic ring is 1. The molecule has 0 aliphatic heterocycles. The number of carbonyl (C=O) groups is 1. The van der Waals surface area contributed by atoms with Gasteiger partial charge in [-0.15, -0.1) is 0 Å². The predicted molar refractivity (Wildman–Crippen MR) is 77.9 cm³/mol. The van der Waals surface area contributed by atoms with Crippen LogP contribution in [0.4, 0.5) is 5.69 Å². The summed E-state index contributed by atoms with van der Waals surface area (Å²) in [6.07, 6.45) is 0. The first-order valence-corrected chi connectivity index (χ1v) is 6.30. The Hall–Kier alpha value is -2.29. The number of anilines is 1. The third kappa shape index (κ3) is 3.13. The molecule has 0 spiro atoms. The minimum absolute atomic E-state index is 0.0220. The molecule has 0 fully saturated rings. The van der Waals surface area contributed by atoms with E-state index in [-0.39, 0.29) is 11.9 Å². The van der Waals surface area contributed by atoms with Crippen molar-refractivity contribution >= 4 is 11.6 Å². The summed E-state index contributed by atoms with van der Waals surface area (Å²) in [5.74, 6) is -0.0873. The zero-order valence-electron chi connectivity index (χ0n) is 11.2. The molecule has 2 rings (SSSR count). The molecular weight excluding hydrogens is 236 g/mol. The quantitative estimate of drug-likeness (QED) is 0.827. The van der Waals surface area contributed by atoms with Gasteiger partial charge in [0.2, 0.25) is 0 Å². The van der Waals surface area contributed by atoms with E-state index in [9.17, 15) is 4.79 Å². The van der Waals surface area contributed by atoms with Crippen molar-refractivity contribution in [2.24, 2.45) is 0 Å². The first-order chi connectivity index (χ1) is 9.08. The van der Waals surface area contributed by atoms with Crippen LogP contribution in [0.15, 0.2) is 48.5 Å². The highest BCUT2D eigenvalue weighted by molar-refractivity contribution is 5.94. The molecule has 98 valence electrons. The van der Waals surface area contributed by atoms with Crippen molar-refractivity contribution < 1.29 is 4.79 Å². The van der Waals surface area contributed by atoms with Crippen LogP contribution in [0, 0.1) is 6.92 Å². The SMILES string of the molecule is Cc1ccccc1C(C)NC(=O)c1ccc(N)cc1. The molecule has 0 saturated heterocycles. The number of hydrogen-bond acceptors (Lipinski definition) is 2. The van der Waals surface area contributed by atoms with Gasteiger partial charge < -0.3 is 11.1 Å². The van der Waals surface area contributed by atoms with Gasteiger partial charge >= 0.3 is 0 Å². The first kappa shape index (κ1) is 13.1. The van der Waals surface area contributed by atoms with E-state index in [4.69, 9.17) is 5.73 Å². The second kappa shape index (κ2) is 5.57. The molecule has 3 nitrogen and oxygen atoms in total. The lowest BCUT2D eigenvalue weighted by Crippen LogP contribution is -2.27. The van der Waals surface area contributed by atoms with Gasteiger partial charge in [0, 0.05) is 11.3 Å². The fourth-order valence-electron chi connectivity index (χ4n) is 2.06. The van der Waals surface area contributed by atoms with Gasteiger partial charge in [-0.05, 0) is 49.2 Å². The van der Waals surface area contributed by atoms with Gasteiger partial charge in [-0.1, -0.05) is 24.3 Å². The number of rotatable bonds is 3. The fraction of sp³-hybridized carbons (Fsp3) is 0.188. The van der Waals surface area contributed by atoms with Crippen molar-refractivity contribution in [3.05, 3.63) is 65.2 Å². The molecule has 3 N–H and O–H groups in total. The molecule has 0 heterocycles. The molecule has 3 heteroatoms. The number of nitrogens with one attached hydrogen (secondary N) is 1. The minimum Gasteiger partial charge on any atom is -0.399 e. The van der Waals surface area contributed by atoms with E-state index < -0.39 is 0 Å². The van der Waals surface area contributed by atoms with Crippen LogP contribution in [-0.2, 0) is 0 Å². The van der Waals surface area contributed by atoms with Crippen LogP contribution in [0.25, 0.3) is 0 Å². The molecule has 1 amide bonds. The highest BCUT2D eigenvalue weighted by atomic mass is 16.1. The monoisotopic (exact) mass is 254 g/mol. The molecule has 0 aliphatic rings. The van der Waals surface area contributed by atoms with E-state index in [0.717, 1.165) is 5.56 Å². The van der Waals surface area contributed by atoms with Crippen LogP contribution >= 0.6 is 0 Å². The summed E-state index contributed by atoms with van der Waals surface area (Å²) in [5, 5.41) is 2.99. The summed E-state index contributed by atoms with van der Waals surface area (Å²) < 4.78 is 0. The van der Waals surface area contributed by atoms with Gasteiger partial charge in [-0.25, -0.2) is 0 Å². The third-order valence-electron chi connectivity index (χ3n) is 3.18. The number of carbonyl (C=O) groups excluding carboxylic acids is 1. The lowest BCUT2D eigenvalue weighted by molar-refractivity contribution is 0.0940. The summed E-state index contributed by atoms with van der Waals surface area (Å²) in [4.78, 5) is 12.1. The van der Waals surface area contributed by atoms with E-state index in [1.54, 1.807) is 24.3 Å². The maximum absolute atomic E-state index is 12.1.